The number of pyridine rings is 1. The van der Waals surface area contributed by atoms with E-state index in [1.807, 2.05) is 25.3 Å². The lowest BCUT2D eigenvalue weighted by Gasteiger charge is -2.36. The zero-order valence-corrected chi connectivity index (χ0v) is 33.4. The van der Waals surface area contributed by atoms with Crippen LogP contribution in [0, 0.1) is 5.41 Å². The van der Waals surface area contributed by atoms with Crippen molar-refractivity contribution in [2.45, 2.75) is 91.1 Å². The van der Waals surface area contributed by atoms with Crippen molar-refractivity contribution in [1.82, 2.24) is 35.2 Å². The number of hydrogen-bond acceptors (Lipinski definition) is 10. The summed E-state index contributed by atoms with van der Waals surface area (Å²) in [7, 11) is 4.95. The van der Waals surface area contributed by atoms with Crippen LogP contribution in [0.1, 0.15) is 69.8 Å². The third kappa shape index (κ3) is 8.31. The van der Waals surface area contributed by atoms with Crippen molar-refractivity contribution in [3.8, 4) is 22.5 Å². The molecule has 5 heterocycles. The molecule has 14 heteroatoms. The summed E-state index contributed by atoms with van der Waals surface area (Å²) in [4.78, 5) is 52.5. The number of likely N-dealkylation sites (N-methyl/N-ethyl adjacent to an activating group) is 1. The number of benzene rings is 1. The number of hydrogen-bond donors (Lipinski definition) is 2. The second-order valence-electron chi connectivity index (χ2n) is 15.1. The van der Waals surface area contributed by atoms with Gasteiger partial charge in [0.15, 0.2) is 0 Å². The first-order valence-corrected chi connectivity index (χ1v) is 19.6. The predicted octanol–water partition coefficient (Wildman–Crippen LogP) is 5.76. The number of rotatable bonds is 8. The Labute approximate surface area is 321 Å². The number of ether oxygens (including phenoxy) is 3. The Morgan fingerprint density at radius 2 is 2.00 bits per heavy atom. The van der Waals surface area contributed by atoms with Crippen molar-refractivity contribution in [3.63, 3.8) is 0 Å². The number of carbonyl (C=O) groups excluding carboxylic acids is 3. The molecule has 1 saturated heterocycles. The first-order valence-electron chi connectivity index (χ1n) is 18.7. The van der Waals surface area contributed by atoms with Crippen LogP contribution in [0.5, 0.6) is 0 Å². The summed E-state index contributed by atoms with van der Waals surface area (Å²) in [6.07, 6.45) is 3.29. The summed E-state index contributed by atoms with van der Waals surface area (Å²) in [5.74, 6) is -0.758. The average molecular weight is 760 g/mol. The molecule has 0 spiro atoms. The minimum atomic E-state index is -0.935. The summed E-state index contributed by atoms with van der Waals surface area (Å²) in [5.41, 5.74) is 9.52. The van der Waals surface area contributed by atoms with Gasteiger partial charge in [-0.3, -0.25) is 19.6 Å². The van der Waals surface area contributed by atoms with Crippen LogP contribution in [0.25, 0.3) is 33.4 Å². The number of hydrazine groups is 1. The minimum absolute atomic E-state index is 0.171. The summed E-state index contributed by atoms with van der Waals surface area (Å²) in [5, 5.41) is 8.18. The van der Waals surface area contributed by atoms with Crippen LogP contribution < -0.4 is 10.7 Å². The molecular weight excluding hydrogens is 707 g/mol. The monoisotopic (exact) mass is 759 g/mol. The quantitative estimate of drug-likeness (QED) is 0.215. The van der Waals surface area contributed by atoms with E-state index in [0.717, 1.165) is 51.2 Å². The molecule has 2 N–H and O–H groups in total. The Morgan fingerprint density at radius 1 is 1.20 bits per heavy atom. The van der Waals surface area contributed by atoms with Crippen LogP contribution in [-0.4, -0.2) is 102 Å². The van der Waals surface area contributed by atoms with E-state index in [1.54, 1.807) is 27.5 Å². The summed E-state index contributed by atoms with van der Waals surface area (Å²) < 4.78 is 19.5. The van der Waals surface area contributed by atoms with Crippen molar-refractivity contribution < 1.29 is 28.6 Å². The van der Waals surface area contributed by atoms with Crippen LogP contribution in [0.15, 0.2) is 41.9 Å². The Bertz CT molecular complexity index is 1990. The number of nitrogens with one attached hydrogen (secondary N) is 2. The number of carbonyl (C=O) groups is 3. The molecule has 13 nitrogen and oxygen atoms in total. The molecule has 3 amide bonds. The molecule has 54 heavy (non-hydrogen) atoms. The molecule has 2 aliphatic heterocycles. The Kier molecular flexibility index (Phi) is 12.1. The highest BCUT2D eigenvalue weighted by Gasteiger charge is 2.36. The molecule has 3 aromatic heterocycles. The molecule has 4 atom stereocenters. The van der Waals surface area contributed by atoms with Crippen molar-refractivity contribution in [1.29, 1.82) is 0 Å². The Balaban J connectivity index is 1.47. The van der Waals surface area contributed by atoms with Gasteiger partial charge in [-0.1, -0.05) is 19.9 Å². The molecule has 4 aromatic rings. The van der Waals surface area contributed by atoms with Crippen LogP contribution in [0.4, 0.5) is 4.79 Å². The van der Waals surface area contributed by atoms with Gasteiger partial charge in [-0.15, -0.1) is 11.3 Å². The van der Waals surface area contributed by atoms with E-state index >= 15 is 0 Å². The number of aryl methyl sites for hydroxylation is 1. The lowest BCUT2D eigenvalue weighted by Crippen LogP contribution is -2.61. The molecule has 290 valence electrons. The number of methoxy groups -OCH3 is 2. The fourth-order valence-corrected chi connectivity index (χ4v) is 8.22. The van der Waals surface area contributed by atoms with E-state index in [2.05, 4.69) is 60.3 Å². The second kappa shape index (κ2) is 16.6. The van der Waals surface area contributed by atoms with Crippen LogP contribution >= 0.6 is 11.3 Å². The van der Waals surface area contributed by atoms with Gasteiger partial charge in [0.05, 0.1) is 40.9 Å². The van der Waals surface area contributed by atoms with E-state index in [-0.39, 0.29) is 31.1 Å². The average Bonchev–Trinajstić information content (AvgIpc) is 3.77. The molecule has 1 fully saturated rings. The van der Waals surface area contributed by atoms with Gasteiger partial charge in [0.1, 0.15) is 12.1 Å². The third-order valence-corrected chi connectivity index (χ3v) is 11.3. The van der Waals surface area contributed by atoms with Gasteiger partial charge in [-0.05, 0) is 69.9 Å². The lowest BCUT2D eigenvalue weighted by molar-refractivity contribution is -0.155. The number of esters is 1. The molecule has 1 aromatic carbocycles. The number of fused-ring (bicyclic) bond motifs is 6. The maximum Gasteiger partial charge on any atom is 0.324 e. The number of amides is 3. The molecule has 6 bridgehead atoms. The van der Waals surface area contributed by atoms with E-state index in [1.165, 1.54) is 21.2 Å². The maximum atomic E-state index is 14.1. The summed E-state index contributed by atoms with van der Waals surface area (Å²) >= 11 is 1.45. The SMILES string of the molecule is CCn1c(-c2cccnc2[C@H](C)OC)c2c3cc(ccc31)-c1csc(n1)C[C@H](NC(=O)N(C)C[C@@H](C)OC)C(=O)N1CCC[C@H](N1)C(=O)OCC(C)(C)C2. The van der Waals surface area contributed by atoms with Crippen LogP contribution in [0.3, 0.4) is 0 Å². The number of aromatic nitrogens is 3. The zero-order chi connectivity index (χ0) is 38.7. The normalized spacial score (nSPS) is 20.3. The van der Waals surface area contributed by atoms with Crippen LogP contribution in [0.2, 0.25) is 0 Å². The highest BCUT2D eigenvalue weighted by atomic mass is 32.1. The first-order chi connectivity index (χ1) is 25.8. The smallest absolute Gasteiger partial charge is 0.324 e. The highest BCUT2D eigenvalue weighted by Crippen LogP contribution is 2.42. The van der Waals surface area contributed by atoms with Gasteiger partial charge < -0.3 is 29.0 Å². The van der Waals surface area contributed by atoms with E-state index in [0.29, 0.717) is 37.4 Å². The van der Waals surface area contributed by atoms with Gasteiger partial charge in [-0.2, -0.15) is 0 Å². The number of thiazole rings is 1. The van der Waals surface area contributed by atoms with E-state index < -0.39 is 29.5 Å². The van der Waals surface area contributed by atoms with Gasteiger partial charge in [0, 0.05) is 86.3 Å². The number of urea groups is 1. The van der Waals surface area contributed by atoms with Crippen molar-refractivity contribution in [3.05, 3.63) is 58.2 Å². The molecule has 0 unspecified atom stereocenters. The number of cyclic esters (lactones) is 1. The first kappa shape index (κ1) is 39.3. The zero-order valence-electron chi connectivity index (χ0n) is 32.6. The second-order valence-corrected chi connectivity index (χ2v) is 16.1. The fraction of sp³-hybridized carbons (Fsp3) is 0.525. The molecular formula is C40H53N7O6S. The van der Waals surface area contributed by atoms with Crippen molar-refractivity contribution >= 4 is 40.1 Å². The summed E-state index contributed by atoms with van der Waals surface area (Å²) in [6.45, 7) is 11.9. The fourth-order valence-electron chi connectivity index (χ4n) is 7.37. The molecule has 6 rings (SSSR count). The van der Waals surface area contributed by atoms with Crippen molar-refractivity contribution in [2.24, 2.45) is 5.41 Å². The van der Waals surface area contributed by atoms with Gasteiger partial charge >= 0.3 is 12.0 Å². The lowest BCUT2D eigenvalue weighted by atomic mass is 9.84. The van der Waals surface area contributed by atoms with Gasteiger partial charge in [-0.25, -0.2) is 15.2 Å². The summed E-state index contributed by atoms with van der Waals surface area (Å²) in [6, 6.07) is 8.43. The highest BCUT2D eigenvalue weighted by molar-refractivity contribution is 7.10. The molecule has 0 radical (unpaired) electrons. The predicted molar refractivity (Wildman–Crippen MR) is 209 cm³/mol. The molecule has 0 aliphatic carbocycles. The Hall–Kier alpha value is -4.37. The maximum absolute atomic E-state index is 14.1. The van der Waals surface area contributed by atoms with Crippen LogP contribution in [-0.2, 0) is 43.2 Å². The van der Waals surface area contributed by atoms with Crippen molar-refractivity contribution in [2.75, 3.05) is 41.0 Å². The van der Waals surface area contributed by atoms with Gasteiger partial charge in [0.25, 0.3) is 5.91 Å². The van der Waals surface area contributed by atoms with Gasteiger partial charge in [0.2, 0.25) is 0 Å². The molecule has 0 saturated carbocycles. The number of nitrogens with zero attached hydrogens (tertiary/aromatic N) is 5. The van der Waals surface area contributed by atoms with E-state index in [9.17, 15) is 14.4 Å². The molecule has 2 aliphatic rings. The minimum Gasteiger partial charge on any atom is -0.464 e. The standard InChI is InChI=1S/C40H53N7O6S/c1-9-46-33-15-14-26-18-28(33)29(36(46)27-12-10-16-41-35(27)25(3)52-8)20-40(4,5)23-53-38(49)30-13-11-17-47(44-30)37(48)31(19-34-42-32(26)22-54-34)43-39(50)45(6)21-24(2)51-7/h10,12,14-16,18,22,24-25,30-31,44H,9,11,13,17,19-21,23H2,1-8H3,(H,43,50)/t24-,25+,30+,31+/m1/s1. The Morgan fingerprint density at radius 3 is 2.74 bits per heavy atom. The third-order valence-electron chi connectivity index (χ3n) is 10.4. The topological polar surface area (TPSA) is 140 Å². The largest absolute Gasteiger partial charge is 0.464 e. The van der Waals surface area contributed by atoms with E-state index in [4.69, 9.17) is 24.2 Å².